The lowest BCUT2D eigenvalue weighted by Gasteiger charge is -2.09. The summed E-state index contributed by atoms with van der Waals surface area (Å²) >= 11 is 0. The van der Waals surface area contributed by atoms with E-state index in [2.05, 4.69) is 15.5 Å². The average Bonchev–Trinajstić information content (AvgIpc) is 3.05. The van der Waals surface area contributed by atoms with E-state index in [9.17, 15) is 13.6 Å². The van der Waals surface area contributed by atoms with Gasteiger partial charge in [0.25, 0.3) is 11.6 Å². The van der Waals surface area contributed by atoms with E-state index in [0.717, 1.165) is 23.8 Å². The highest BCUT2D eigenvalue weighted by atomic mass is 19.1. The van der Waals surface area contributed by atoms with E-state index < -0.39 is 17.5 Å². The molecule has 0 aliphatic rings. The van der Waals surface area contributed by atoms with E-state index in [1.54, 1.807) is 13.0 Å². The summed E-state index contributed by atoms with van der Waals surface area (Å²) in [6.45, 7) is 1.68. The van der Waals surface area contributed by atoms with Crippen LogP contribution in [0.5, 0.6) is 0 Å². The van der Waals surface area contributed by atoms with Gasteiger partial charge in [0.2, 0.25) is 0 Å². The predicted octanol–water partition coefficient (Wildman–Crippen LogP) is 4.73. The Kier molecular flexibility index (Phi) is 4.12. The van der Waals surface area contributed by atoms with Crippen LogP contribution in [0.3, 0.4) is 0 Å². The van der Waals surface area contributed by atoms with Gasteiger partial charge in [0.1, 0.15) is 11.6 Å². The maximum absolute atomic E-state index is 13.9. The molecule has 1 amide bonds. The maximum Gasteiger partial charge on any atom is 0.259 e. The van der Waals surface area contributed by atoms with Gasteiger partial charge in [0.05, 0.1) is 28.0 Å². The molecular formula is C20H13F2N3O2. The van der Waals surface area contributed by atoms with Crippen molar-refractivity contribution in [1.82, 2.24) is 10.1 Å². The molecule has 0 bridgehead atoms. The third kappa shape index (κ3) is 3.15. The summed E-state index contributed by atoms with van der Waals surface area (Å²) in [6.07, 6.45) is 0. The number of pyridine rings is 1. The number of rotatable bonds is 3. The van der Waals surface area contributed by atoms with E-state index >= 15 is 0 Å². The summed E-state index contributed by atoms with van der Waals surface area (Å²) in [5, 5.41) is 6.69. The lowest BCUT2D eigenvalue weighted by molar-refractivity contribution is 0.102. The third-order valence-electron chi connectivity index (χ3n) is 4.11. The number of fused-ring (bicyclic) bond motifs is 1. The van der Waals surface area contributed by atoms with Crippen LogP contribution in [0, 0.1) is 18.6 Å². The number of carbonyl (C=O) groups excluding carboxylic acids is 1. The zero-order chi connectivity index (χ0) is 19.0. The molecule has 0 aliphatic heterocycles. The first kappa shape index (κ1) is 16.8. The van der Waals surface area contributed by atoms with Crippen LogP contribution >= 0.6 is 0 Å². The Morgan fingerprint density at radius 1 is 1.07 bits per heavy atom. The van der Waals surface area contributed by atoms with Gasteiger partial charge >= 0.3 is 0 Å². The molecule has 1 N–H and O–H groups in total. The van der Waals surface area contributed by atoms with Gasteiger partial charge < -0.3 is 9.84 Å². The van der Waals surface area contributed by atoms with Crippen LogP contribution in [-0.4, -0.2) is 16.0 Å². The van der Waals surface area contributed by atoms with Crippen molar-refractivity contribution >= 4 is 22.7 Å². The molecule has 134 valence electrons. The standard InChI is InChI=1S/C20H13F2N3O2/c1-11-18-14(19(26)23-17-9-13(21)7-8-15(17)22)10-16(24-20(18)27-25-11)12-5-3-2-4-6-12/h2-10H,1H3,(H,23,26). The third-order valence-corrected chi connectivity index (χ3v) is 4.11. The second-order valence-corrected chi connectivity index (χ2v) is 5.95. The smallest absolute Gasteiger partial charge is 0.259 e. The van der Waals surface area contributed by atoms with Crippen LogP contribution in [0.1, 0.15) is 16.1 Å². The van der Waals surface area contributed by atoms with Gasteiger partial charge in [0, 0.05) is 11.6 Å². The second kappa shape index (κ2) is 6.60. The lowest BCUT2D eigenvalue weighted by Crippen LogP contribution is -2.14. The zero-order valence-corrected chi connectivity index (χ0v) is 14.2. The van der Waals surface area contributed by atoms with Crippen molar-refractivity contribution in [1.29, 1.82) is 0 Å². The van der Waals surface area contributed by atoms with E-state index in [0.29, 0.717) is 16.8 Å². The van der Waals surface area contributed by atoms with Crippen molar-refractivity contribution in [3.8, 4) is 11.3 Å². The summed E-state index contributed by atoms with van der Waals surface area (Å²) in [5.41, 5.74) is 1.91. The summed E-state index contributed by atoms with van der Waals surface area (Å²) in [4.78, 5) is 17.2. The molecule has 0 saturated carbocycles. The molecule has 5 nitrogen and oxygen atoms in total. The molecule has 7 heteroatoms. The largest absolute Gasteiger partial charge is 0.335 e. The first-order valence-electron chi connectivity index (χ1n) is 8.12. The van der Waals surface area contributed by atoms with Crippen LogP contribution in [-0.2, 0) is 0 Å². The highest BCUT2D eigenvalue weighted by molar-refractivity contribution is 6.13. The molecular weight excluding hydrogens is 352 g/mol. The van der Waals surface area contributed by atoms with Crippen LogP contribution in [0.25, 0.3) is 22.4 Å². The molecule has 2 aromatic carbocycles. The monoisotopic (exact) mass is 365 g/mol. The topological polar surface area (TPSA) is 68.0 Å². The van der Waals surface area contributed by atoms with Gasteiger partial charge in [-0.3, -0.25) is 4.79 Å². The summed E-state index contributed by atoms with van der Waals surface area (Å²) < 4.78 is 32.5. The van der Waals surface area contributed by atoms with Crippen molar-refractivity contribution in [2.75, 3.05) is 5.32 Å². The van der Waals surface area contributed by atoms with Crippen molar-refractivity contribution in [3.63, 3.8) is 0 Å². The molecule has 0 fully saturated rings. The van der Waals surface area contributed by atoms with E-state index in [4.69, 9.17) is 4.52 Å². The highest BCUT2D eigenvalue weighted by Crippen LogP contribution is 2.28. The Morgan fingerprint density at radius 3 is 2.63 bits per heavy atom. The van der Waals surface area contributed by atoms with Gasteiger partial charge in [-0.05, 0) is 25.1 Å². The molecule has 27 heavy (non-hydrogen) atoms. The molecule has 0 unspecified atom stereocenters. The van der Waals surface area contributed by atoms with Crippen LogP contribution in [0.15, 0.2) is 59.1 Å². The van der Waals surface area contributed by atoms with Gasteiger partial charge in [-0.15, -0.1) is 0 Å². The minimum absolute atomic E-state index is 0.193. The van der Waals surface area contributed by atoms with Gasteiger partial charge in [-0.1, -0.05) is 35.5 Å². The molecule has 4 aromatic rings. The van der Waals surface area contributed by atoms with E-state index in [-0.39, 0.29) is 17.0 Å². The molecule has 4 rings (SSSR count). The number of nitrogens with one attached hydrogen (secondary N) is 1. The van der Waals surface area contributed by atoms with Crippen molar-refractivity contribution in [2.45, 2.75) is 6.92 Å². The van der Waals surface area contributed by atoms with E-state index in [1.807, 2.05) is 30.3 Å². The number of hydrogen-bond acceptors (Lipinski definition) is 4. The maximum atomic E-state index is 13.9. The number of nitrogens with zero attached hydrogens (tertiary/aromatic N) is 2. The van der Waals surface area contributed by atoms with Gasteiger partial charge in [-0.25, -0.2) is 13.8 Å². The lowest BCUT2D eigenvalue weighted by atomic mass is 10.0. The fourth-order valence-electron chi connectivity index (χ4n) is 2.81. The Labute approximate surface area is 152 Å². The minimum atomic E-state index is -0.736. The molecule has 0 saturated heterocycles. The number of carbonyl (C=O) groups is 1. The van der Waals surface area contributed by atoms with Crippen LogP contribution in [0.2, 0.25) is 0 Å². The summed E-state index contributed by atoms with van der Waals surface area (Å²) in [7, 11) is 0. The van der Waals surface area contributed by atoms with Crippen molar-refractivity contribution < 1.29 is 18.1 Å². The minimum Gasteiger partial charge on any atom is -0.335 e. The SMILES string of the molecule is Cc1noc2nc(-c3ccccc3)cc(C(=O)Nc3cc(F)ccc3F)c12. The van der Waals surface area contributed by atoms with Gasteiger partial charge in [-0.2, -0.15) is 0 Å². The Balaban J connectivity index is 1.83. The Bertz CT molecular complexity index is 1160. The first-order valence-corrected chi connectivity index (χ1v) is 8.12. The molecule has 2 heterocycles. The molecule has 0 radical (unpaired) electrons. The first-order chi connectivity index (χ1) is 13.0. The molecule has 0 aliphatic carbocycles. The molecule has 0 atom stereocenters. The second-order valence-electron chi connectivity index (χ2n) is 5.95. The fourth-order valence-corrected chi connectivity index (χ4v) is 2.81. The number of aryl methyl sites for hydroxylation is 1. The highest BCUT2D eigenvalue weighted by Gasteiger charge is 2.20. The van der Waals surface area contributed by atoms with Crippen LogP contribution in [0.4, 0.5) is 14.5 Å². The normalized spacial score (nSPS) is 10.9. The molecule has 0 spiro atoms. The molecule has 2 aromatic heterocycles. The number of aromatic nitrogens is 2. The zero-order valence-electron chi connectivity index (χ0n) is 14.2. The number of halogens is 2. The average molecular weight is 365 g/mol. The number of anilines is 1. The Morgan fingerprint density at radius 2 is 1.85 bits per heavy atom. The van der Waals surface area contributed by atoms with Crippen LogP contribution < -0.4 is 5.32 Å². The van der Waals surface area contributed by atoms with Gasteiger partial charge in [0.15, 0.2) is 0 Å². The van der Waals surface area contributed by atoms with Crippen molar-refractivity contribution in [3.05, 3.63) is 77.5 Å². The predicted molar refractivity (Wildman–Crippen MR) is 96.3 cm³/mol. The number of hydrogen-bond donors (Lipinski definition) is 1. The Hall–Kier alpha value is -3.61. The number of amides is 1. The van der Waals surface area contributed by atoms with Crippen molar-refractivity contribution in [2.24, 2.45) is 0 Å². The summed E-state index contributed by atoms with van der Waals surface area (Å²) in [5.74, 6) is -2.01. The number of benzene rings is 2. The van der Waals surface area contributed by atoms with E-state index in [1.165, 1.54) is 0 Å². The quantitative estimate of drug-likeness (QED) is 0.570. The fraction of sp³-hybridized carbons (Fsp3) is 0.0500. The summed E-state index contributed by atoms with van der Waals surface area (Å²) in [6, 6.07) is 13.7.